The Bertz CT molecular complexity index is 985. The van der Waals surface area contributed by atoms with Crippen LogP contribution in [0.2, 0.25) is 0 Å². The van der Waals surface area contributed by atoms with Gasteiger partial charge < -0.3 is 9.47 Å². The molecular formula is C21H21BrN2O3S. The fourth-order valence-electron chi connectivity index (χ4n) is 3.32. The van der Waals surface area contributed by atoms with E-state index in [0.29, 0.717) is 23.8 Å². The summed E-state index contributed by atoms with van der Waals surface area (Å²) in [6.45, 7) is 3.76. The SMILES string of the molecule is CCOc1cccc2sc(N(CC3CCCO3)C(=O)c3ccccc3Br)nc12. The lowest BCUT2D eigenvalue weighted by Crippen LogP contribution is -2.37. The van der Waals surface area contributed by atoms with Crippen LogP contribution in [-0.4, -0.2) is 36.8 Å². The second kappa shape index (κ2) is 8.59. The normalized spacial score (nSPS) is 16.4. The van der Waals surface area contributed by atoms with Crippen molar-refractivity contribution in [2.24, 2.45) is 0 Å². The number of para-hydroxylation sites is 1. The smallest absolute Gasteiger partial charge is 0.261 e. The van der Waals surface area contributed by atoms with Gasteiger partial charge in [0.1, 0.15) is 11.3 Å². The lowest BCUT2D eigenvalue weighted by molar-refractivity contribution is 0.0917. The van der Waals surface area contributed by atoms with Crippen LogP contribution in [0.5, 0.6) is 5.75 Å². The van der Waals surface area contributed by atoms with Gasteiger partial charge in [0.25, 0.3) is 5.91 Å². The molecule has 5 nitrogen and oxygen atoms in total. The summed E-state index contributed by atoms with van der Waals surface area (Å²) in [7, 11) is 0. The molecule has 1 unspecified atom stereocenters. The topological polar surface area (TPSA) is 51.7 Å². The van der Waals surface area contributed by atoms with Crippen molar-refractivity contribution in [3.63, 3.8) is 0 Å². The lowest BCUT2D eigenvalue weighted by atomic mass is 10.2. The summed E-state index contributed by atoms with van der Waals surface area (Å²) in [4.78, 5) is 19.9. The Labute approximate surface area is 176 Å². The number of carbonyl (C=O) groups excluding carboxylic acids is 1. The van der Waals surface area contributed by atoms with E-state index in [1.165, 1.54) is 11.3 Å². The second-order valence-electron chi connectivity index (χ2n) is 6.56. The molecule has 28 heavy (non-hydrogen) atoms. The van der Waals surface area contributed by atoms with E-state index in [4.69, 9.17) is 14.5 Å². The van der Waals surface area contributed by atoms with Crippen LogP contribution < -0.4 is 9.64 Å². The molecule has 146 valence electrons. The number of thiazole rings is 1. The van der Waals surface area contributed by atoms with Gasteiger partial charge in [-0.2, -0.15) is 0 Å². The maximum Gasteiger partial charge on any atom is 0.261 e. The van der Waals surface area contributed by atoms with Gasteiger partial charge in [-0.3, -0.25) is 9.69 Å². The van der Waals surface area contributed by atoms with Gasteiger partial charge in [-0.1, -0.05) is 29.5 Å². The molecule has 0 N–H and O–H groups in total. The fourth-order valence-corrected chi connectivity index (χ4v) is 4.76. The number of hydrogen-bond donors (Lipinski definition) is 0. The van der Waals surface area contributed by atoms with Gasteiger partial charge in [-0.25, -0.2) is 4.98 Å². The van der Waals surface area contributed by atoms with Gasteiger partial charge in [0, 0.05) is 11.1 Å². The van der Waals surface area contributed by atoms with Crippen LogP contribution in [0.25, 0.3) is 10.2 Å². The number of anilines is 1. The molecule has 4 rings (SSSR count). The van der Waals surface area contributed by atoms with Gasteiger partial charge in [0.2, 0.25) is 0 Å². The highest BCUT2D eigenvalue weighted by atomic mass is 79.9. The van der Waals surface area contributed by atoms with Gasteiger partial charge in [0.15, 0.2) is 5.13 Å². The van der Waals surface area contributed by atoms with Crippen molar-refractivity contribution in [2.75, 3.05) is 24.7 Å². The highest BCUT2D eigenvalue weighted by Gasteiger charge is 2.28. The van der Waals surface area contributed by atoms with Crippen LogP contribution in [0.3, 0.4) is 0 Å². The van der Waals surface area contributed by atoms with Crippen molar-refractivity contribution >= 4 is 48.5 Å². The molecule has 1 aliphatic heterocycles. The van der Waals surface area contributed by atoms with Crippen LogP contribution in [0.15, 0.2) is 46.9 Å². The number of fused-ring (bicyclic) bond motifs is 1. The van der Waals surface area contributed by atoms with E-state index < -0.39 is 0 Å². The van der Waals surface area contributed by atoms with E-state index in [-0.39, 0.29) is 12.0 Å². The third-order valence-corrected chi connectivity index (χ3v) is 6.40. The number of ether oxygens (including phenoxy) is 2. The van der Waals surface area contributed by atoms with Crippen molar-refractivity contribution in [1.29, 1.82) is 0 Å². The molecule has 0 spiro atoms. The zero-order valence-corrected chi connectivity index (χ0v) is 18.0. The number of nitrogens with zero attached hydrogens (tertiary/aromatic N) is 2. The molecule has 0 aliphatic carbocycles. The number of hydrogen-bond acceptors (Lipinski definition) is 5. The van der Waals surface area contributed by atoms with Crippen molar-refractivity contribution < 1.29 is 14.3 Å². The molecule has 3 aromatic rings. The lowest BCUT2D eigenvalue weighted by Gasteiger charge is -2.23. The average Bonchev–Trinajstić information content (AvgIpc) is 3.36. The number of aromatic nitrogens is 1. The quantitative estimate of drug-likeness (QED) is 0.501. The van der Waals surface area contributed by atoms with E-state index in [1.807, 2.05) is 49.4 Å². The third kappa shape index (κ3) is 3.92. The Morgan fingerprint density at radius 2 is 2.18 bits per heavy atom. The fraction of sp³-hybridized carbons (Fsp3) is 0.333. The summed E-state index contributed by atoms with van der Waals surface area (Å²) in [6.07, 6.45) is 2.01. The maximum absolute atomic E-state index is 13.4. The third-order valence-electron chi connectivity index (χ3n) is 4.66. The standard InChI is InChI=1S/C21H21BrN2O3S/c1-2-26-17-10-5-11-18-19(17)23-21(28-18)24(13-14-7-6-12-27-14)20(25)15-8-3-4-9-16(15)22/h3-5,8-11,14H,2,6-7,12-13H2,1H3. The second-order valence-corrected chi connectivity index (χ2v) is 8.43. The number of halogens is 1. The predicted molar refractivity (Wildman–Crippen MR) is 116 cm³/mol. The largest absolute Gasteiger partial charge is 0.492 e. The number of carbonyl (C=O) groups is 1. The Morgan fingerprint density at radius 3 is 2.93 bits per heavy atom. The molecule has 0 saturated carbocycles. The van der Waals surface area contributed by atoms with Crippen LogP contribution in [0.1, 0.15) is 30.1 Å². The van der Waals surface area contributed by atoms with Crippen LogP contribution in [0.4, 0.5) is 5.13 Å². The van der Waals surface area contributed by atoms with Gasteiger partial charge in [0.05, 0.1) is 29.5 Å². The summed E-state index contributed by atoms with van der Waals surface area (Å²) in [6, 6.07) is 13.3. The first-order valence-corrected chi connectivity index (χ1v) is 11.0. The minimum Gasteiger partial charge on any atom is -0.492 e. The zero-order chi connectivity index (χ0) is 19.5. The molecular weight excluding hydrogens is 440 g/mol. The summed E-state index contributed by atoms with van der Waals surface area (Å²) < 4.78 is 13.3. The van der Waals surface area contributed by atoms with Crippen molar-refractivity contribution in [1.82, 2.24) is 4.98 Å². The molecule has 1 aromatic heterocycles. The molecule has 1 amide bonds. The first kappa shape index (κ1) is 19.4. The molecule has 2 aromatic carbocycles. The molecule has 1 atom stereocenters. The summed E-state index contributed by atoms with van der Waals surface area (Å²) in [5.74, 6) is 0.660. The van der Waals surface area contributed by atoms with E-state index in [9.17, 15) is 4.79 Å². The average molecular weight is 461 g/mol. The molecule has 2 heterocycles. The van der Waals surface area contributed by atoms with Crippen molar-refractivity contribution in [3.8, 4) is 5.75 Å². The monoisotopic (exact) mass is 460 g/mol. The molecule has 0 bridgehead atoms. The van der Waals surface area contributed by atoms with E-state index in [2.05, 4.69) is 15.9 Å². The first-order valence-electron chi connectivity index (χ1n) is 9.37. The Hall–Kier alpha value is -1.96. The van der Waals surface area contributed by atoms with Crippen molar-refractivity contribution in [2.45, 2.75) is 25.9 Å². The van der Waals surface area contributed by atoms with E-state index in [0.717, 1.165) is 39.9 Å². The Balaban J connectivity index is 1.74. The number of benzene rings is 2. The molecule has 1 aliphatic rings. The van der Waals surface area contributed by atoms with Gasteiger partial charge >= 0.3 is 0 Å². The van der Waals surface area contributed by atoms with Crippen LogP contribution in [-0.2, 0) is 4.74 Å². The molecule has 1 saturated heterocycles. The molecule has 1 fully saturated rings. The highest BCUT2D eigenvalue weighted by molar-refractivity contribution is 9.10. The number of amides is 1. The summed E-state index contributed by atoms with van der Waals surface area (Å²) in [5, 5.41) is 0.665. The van der Waals surface area contributed by atoms with E-state index in [1.54, 1.807) is 4.90 Å². The van der Waals surface area contributed by atoms with Crippen molar-refractivity contribution in [3.05, 3.63) is 52.5 Å². The zero-order valence-electron chi connectivity index (χ0n) is 15.6. The number of rotatable bonds is 6. The minimum atomic E-state index is -0.0833. The first-order chi connectivity index (χ1) is 13.7. The van der Waals surface area contributed by atoms with Crippen LogP contribution in [0, 0.1) is 0 Å². The molecule has 7 heteroatoms. The summed E-state index contributed by atoms with van der Waals surface area (Å²) in [5.41, 5.74) is 1.41. The van der Waals surface area contributed by atoms with Gasteiger partial charge in [-0.15, -0.1) is 0 Å². The van der Waals surface area contributed by atoms with Crippen LogP contribution >= 0.6 is 27.3 Å². The maximum atomic E-state index is 13.4. The Morgan fingerprint density at radius 1 is 1.32 bits per heavy atom. The summed E-state index contributed by atoms with van der Waals surface area (Å²) >= 11 is 5.00. The van der Waals surface area contributed by atoms with Gasteiger partial charge in [-0.05, 0) is 60.0 Å². The van der Waals surface area contributed by atoms with E-state index >= 15 is 0 Å². The Kier molecular flexibility index (Phi) is 5.94. The predicted octanol–water partition coefficient (Wildman–Crippen LogP) is 5.28. The highest BCUT2D eigenvalue weighted by Crippen LogP contribution is 2.35. The molecule has 0 radical (unpaired) electrons. The minimum absolute atomic E-state index is 0.0322.